The Bertz CT molecular complexity index is 1570. The zero-order valence-electron chi connectivity index (χ0n) is 21.8. The number of hydrogen-bond donors (Lipinski definition) is 2. The van der Waals surface area contributed by atoms with Gasteiger partial charge in [-0.3, -0.25) is 0 Å². The van der Waals surface area contributed by atoms with Gasteiger partial charge in [-0.25, -0.2) is 4.39 Å². The quantitative estimate of drug-likeness (QED) is 0.348. The van der Waals surface area contributed by atoms with Crippen molar-refractivity contribution in [3.8, 4) is 22.9 Å². The standard InChI is InChI=1S/C30H31ClFN5O2/c1-36-10-4-6-20(36)16-39-30-34-28-24(29(35-30)37-14-18-8-9-19(15-37)33-18)13-25(31)26(27(28)32)23-12-21(38)11-17-5-2-3-7-22(17)23/h2-3,5,7,11-13,18-20,33,38H,4,6,8-10,14-16H2,1H3/t18-,19-,20-/m0/s1. The number of nitrogens with one attached hydrogen (secondary N) is 1. The minimum Gasteiger partial charge on any atom is -0.508 e. The van der Waals surface area contributed by atoms with Crippen molar-refractivity contribution in [1.82, 2.24) is 20.2 Å². The highest BCUT2D eigenvalue weighted by molar-refractivity contribution is 6.35. The Kier molecular flexibility index (Phi) is 6.21. The molecule has 0 spiro atoms. The first-order valence-electron chi connectivity index (χ1n) is 13.7. The van der Waals surface area contributed by atoms with Gasteiger partial charge in [0.2, 0.25) is 0 Å². The number of likely N-dealkylation sites (tertiary alicyclic amines) is 1. The summed E-state index contributed by atoms with van der Waals surface area (Å²) in [6.07, 6.45) is 4.42. The first-order chi connectivity index (χ1) is 18.9. The van der Waals surface area contributed by atoms with Gasteiger partial charge < -0.3 is 25.0 Å². The van der Waals surface area contributed by atoms with Crippen molar-refractivity contribution < 1.29 is 14.2 Å². The SMILES string of the molecule is CN1CCC[C@H]1COc1nc(N2C[C@@H]3CC[C@@H](C2)N3)c2cc(Cl)c(-c3cc(O)cc4ccccc34)c(F)c2n1. The molecule has 202 valence electrons. The van der Waals surface area contributed by atoms with E-state index in [9.17, 15) is 5.11 Å². The number of piperazine rings is 1. The van der Waals surface area contributed by atoms with Crippen LogP contribution in [-0.4, -0.2) is 71.4 Å². The number of hydrogen-bond acceptors (Lipinski definition) is 7. The maximum Gasteiger partial charge on any atom is 0.319 e. The van der Waals surface area contributed by atoms with Gasteiger partial charge in [-0.2, -0.15) is 9.97 Å². The molecule has 1 aromatic heterocycles. The highest BCUT2D eigenvalue weighted by Crippen LogP contribution is 2.43. The summed E-state index contributed by atoms with van der Waals surface area (Å²) in [4.78, 5) is 13.9. The van der Waals surface area contributed by atoms with Gasteiger partial charge >= 0.3 is 6.01 Å². The minimum absolute atomic E-state index is 0.0450. The molecule has 3 aliphatic rings. The Morgan fingerprint density at radius 2 is 1.87 bits per heavy atom. The molecule has 3 atom stereocenters. The number of aromatic hydroxyl groups is 1. The first kappa shape index (κ1) is 24.8. The van der Waals surface area contributed by atoms with Crippen LogP contribution >= 0.6 is 11.6 Å². The Hall–Kier alpha value is -3.20. The van der Waals surface area contributed by atoms with E-state index >= 15 is 4.39 Å². The normalized spacial score (nSPS) is 23.3. The predicted molar refractivity (Wildman–Crippen MR) is 152 cm³/mol. The summed E-state index contributed by atoms with van der Waals surface area (Å²) in [5, 5.41) is 16.5. The van der Waals surface area contributed by atoms with Gasteiger partial charge in [0.05, 0.1) is 5.02 Å². The Labute approximate surface area is 231 Å². The van der Waals surface area contributed by atoms with Crippen molar-refractivity contribution in [3.05, 3.63) is 53.3 Å². The lowest BCUT2D eigenvalue weighted by Crippen LogP contribution is -2.51. The van der Waals surface area contributed by atoms with E-state index in [4.69, 9.17) is 21.3 Å². The molecule has 9 heteroatoms. The number of aromatic nitrogens is 2. The van der Waals surface area contributed by atoms with Gasteiger partial charge in [-0.15, -0.1) is 0 Å². The molecule has 0 amide bonds. The number of benzene rings is 3. The fraction of sp³-hybridized carbons (Fsp3) is 0.400. The number of rotatable bonds is 5. The smallest absolute Gasteiger partial charge is 0.319 e. The molecular weight excluding hydrogens is 517 g/mol. The number of ether oxygens (including phenoxy) is 1. The number of anilines is 1. The van der Waals surface area contributed by atoms with Crippen LogP contribution < -0.4 is 15.0 Å². The van der Waals surface area contributed by atoms with Crippen LogP contribution in [0.5, 0.6) is 11.8 Å². The van der Waals surface area contributed by atoms with Gasteiger partial charge in [-0.1, -0.05) is 35.9 Å². The topological polar surface area (TPSA) is 73.8 Å². The molecule has 0 saturated carbocycles. The molecule has 3 fully saturated rings. The first-order valence-corrected chi connectivity index (χ1v) is 14.1. The zero-order valence-corrected chi connectivity index (χ0v) is 22.6. The van der Waals surface area contributed by atoms with Crippen LogP contribution in [0.4, 0.5) is 10.2 Å². The Balaban J connectivity index is 1.39. The molecule has 7 nitrogen and oxygen atoms in total. The van der Waals surface area contributed by atoms with E-state index in [1.807, 2.05) is 24.3 Å². The third-order valence-electron chi connectivity index (χ3n) is 8.55. The largest absolute Gasteiger partial charge is 0.508 e. The van der Waals surface area contributed by atoms with Gasteiger partial charge in [0.25, 0.3) is 0 Å². The van der Waals surface area contributed by atoms with E-state index in [2.05, 4.69) is 27.1 Å². The van der Waals surface area contributed by atoms with E-state index < -0.39 is 5.82 Å². The van der Waals surface area contributed by atoms with Crippen molar-refractivity contribution in [3.63, 3.8) is 0 Å². The molecule has 2 N–H and O–H groups in total. The fourth-order valence-electron chi connectivity index (χ4n) is 6.54. The van der Waals surface area contributed by atoms with Gasteiger partial charge in [0.1, 0.15) is 23.7 Å². The third-order valence-corrected chi connectivity index (χ3v) is 8.85. The second-order valence-electron chi connectivity index (χ2n) is 11.1. The van der Waals surface area contributed by atoms with Crippen LogP contribution in [0.3, 0.4) is 0 Å². The maximum atomic E-state index is 16.6. The lowest BCUT2D eigenvalue weighted by Gasteiger charge is -2.34. The Morgan fingerprint density at radius 1 is 1.08 bits per heavy atom. The van der Waals surface area contributed by atoms with Gasteiger partial charge in [0.15, 0.2) is 5.82 Å². The molecule has 3 saturated heterocycles. The number of likely N-dealkylation sites (N-methyl/N-ethyl adjacent to an activating group) is 1. The molecule has 7 rings (SSSR count). The fourth-order valence-corrected chi connectivity index (χ4v) is 6.84. The van der Waals surface area contributed by atoms with Crippen LogP contribution in [0.25, 0.3) is 32.8 Å². The lowest BCUT2D eigenvalue weighted by atomic mass is 9.96. The van der Waals surface area contributed by atoms with E-state index in [1.54, 1.807) is 18.2 Å². The second-order valence-corrected chi connectivity index (χ2v) is 11.5. The monoisotopic (exact) mass is 547 g/mol. The number of phenolic OH excluding ortho intramolecular Hbond substituents is 1. The van der Waals surface area contributed by atoms with E-state index in [0.29, 0.717) is 35.5 Å². The summed E-state index contributed by atoms with van der Waals surface area (Å²) in [6, 6.07) is 13.8. The van der Waals surface area contributed by atoms with Crippen LogP contribution in [0, 0.1) is 5.82 Å². The summed E-state index contributed by atoms with van der Waals surface area (Å²) in [7, 11) is 2.09. The summed E-state index contributed by atoms with van der Waals surface area (Å²) >= 11 is 6.83. The van der Waals surface area contributed by atoms with Crippen molar-refractivity contribution in [1.29, 1.82) is 0 Å². The lowest BCUT2D eigenvalue weighted by molar-refractivity contribution is 0.188. The molecule has 39 heavy (non-hydrogen) atoms. The van der Waals surface area contributed by atoms with Crippen molar-refractivity contribution in [2.45, 2.75) is 43.8 Å². The molecule has 4 aromatic rings. The molecule has 3 aromatic carbocycles. The molecule has 3 aliphatic heterocycles. The number of phenols is 1. The highest BCUT2D eigenvalue weighted by atomic mass is 35.5. The number of nitrogens with zero attached hydrogens (tertiary/aromatic N) is 4. The average Bonchev–Trinajstić information content (AvgIpc) is 3.50. The molecule has 2 bridgehead atoms. The average molecular weight is 548 g/mol. The number of halogens is 2. The van der Waals surface area contributed by atoms with Gasteiger partial charge in [0, 0.05) is 42.2 Å². The third kappa shape index (κ3) is 4.44. The van der Waals surface area contributed by atoms with Gasteiger partial charge in [-0.05, 0) is 73.8 Å². The van der Waals surface area contributed by atoms with E-state index in [-0.39, 0.29) is 33.9 Å². The Morgan fingerprint density at radius 3 is 2.64 bits per heavy atom. The molecule has 0 unspecified atom stereocenters. The second kappa shape index (κ2) is 9.77. The summed E-state index contributed by atoms with van der Waals surface area (Å²) in [5.41, 5.74) is 0.903. The number of fused-ring (bicyclic) bond motifs is 4. The van der Waals surface area contributed by atoms with E-state index in [0.717, 1.165) is 56.1 Å². The zero-order chi connectivity index (χ0) is 26.7. The molecule has 0 aliphatic carbocycles. The summed E-state index contributed by atoms with van der Waals surface area (Å²) < 4.78 is 22.8. The molecule has 4 heterocycles. The molecular formula is C30H31ClFN5O2. The van der Waals surface area contributed by atoms with Crippen LogP contribution in [0.15, 0.2) is 42.5 Å². The highest BCUT2D eigenvalue weighted by Gasteiger charge is 2.34. The van der Waals surface area contributed by atoms with Crippen molar-refractivity contribution in [2.24, 2.45) is 0 Å². The predicted octanol–water partition coefficient (Wildman–Crippen LogP) is 5.36. The molecule has 0 radical (unpaired) electrons. The van der Waals surface area contributed by atoms with Crippen molar-refractivity contribution >= 4 is 39.1 Å². The minimum atomic E-state index is -0.544. The van der Waals surface area contributed by atoms with Crippen LogP contribution in [0.1, 0.15) is 25.7 Å². The van der Waals surface area contributed by atoms with E-state index in [1.165, 1.54) is 0 Å². The maximum absolute atomic E-state index is 16.6. The van der Waals surface area contributed by atoms with Crippen LogP contribution in [-0.2, 0) is 0 Å². The van der Waals surface area contributed by atoms with Crippen LogP contribution in [0.2, 0.25) is 5.02 Å². The van der Waals surface area contributed by atoms with Crippen molar-refractivity contribution in [2.75, 3.05) is 38.2 Å². The summed E-state index contributed by atoms with van der Waals surface area (Å²) in [5.74, 6) is 0.155. The summed E-state index contributed by atoms with van der Waals surface area (Å²) in [6.45, 7) is 3.06.